The van der Waals surface area contributed by atoms with E-state index in [1.807, 2.05) is 23.7 Å². The van der Waals surface area contributed by atoms with Crippen LogP contribution in [0.3, 0.4) is 0 Å². The first-order chi connectivity index (χ1) is 9.56. The van der Waals surface area contributed by atoms with E-state index in [4.69, 9.17) is 22.1 Å². The van der Waals surface area contributed by atoms with Crippen LogP contribution < -0.4 is 10.5 Å². The van der Waals surface area contributed by atoms with Gasteiger partial charge in [0.05, 0.1) is 15.9 Å². The van der Waals surface area contributed by atoms with Gasteiger partial charge in [-0.1, -0.05) is 11.6 Å². The third-order valence-electron chi connectivity index (χ3n) is 3.06. The van der Waals surface area contributed by atoms with Gasteiger partial charge in [-0.05, 0) is 48.0 Å². The second kappa shape index (κ2) is 6.61. The van der Waals surface area contributed by atoms with Crippen molar-refractivity contribution in [3.8, 4) is 5.75 Å². The maximum absolute atomic E-state index is 5.96. The van der Waals surface area contributed by atoms with Crippen LogP contribution in [0, 0.1) is 6.92 Å². The summed E-state index contributed by atoms with van der Waals surface area (Å²) in [5.41, 5.74) is 8.58. The van der Waals surface area contributed by atoms with Crippen LogP contribution in [0.5, 0.6) is 5.75 Å². The molecule has 1 aromatic carbocycles. The number of benzene rings is 1. The Balaban J connectivity index is 2.21. The molecule has 0 saturated heterocycles. The lowest BCUT2D eigenvalue weighted by molar-refractivity contribution is 0.289. The second-order valence-electron chi connectivity index (χ2n) is 4.41. The number of hydrogen-bond donors (Lipinski definition) is 1. The summed E-state index contributed by atoms with van der Waals surface area (Å²) >= 11 is 9.51. The Kier molecular flexibility index (Phi) is 5.07. The lowest BCUT2D eigenvalue weighted by Crippen LogP contribution is -2.08. The van der Waals surface area contributed by atoms with Crippen LogP contribution in [0.2, 0.25) is 5.02 Å². The highest BCUT2D eigenvalue weighted by molar-refractivity contribution is 9.10. The van der Waals surface area contributed by atoms with Crippen molar-refractivity contribution in [1.82, 2.24) is 9.78 Å². The quantitative estimate of drug-likeness (QED) is 0.887. The molecule has 20 heavy (non-hydrogen) atoms. The SMILES string of the molecule is CCn1nc(C)c(Br)c1COc1ccc(Cl)cc1CN. The fraction of sp³-hybridized carbons (Fsp3) is 0.357. The van der Waals surface area contributed by atoms with Gasteiger partial charge in [-0.3, -0.25) is 4.68 Å². The Hall–Kier alpha value is -1.04. The number of rotatable bonds is 5. The number of hydrogen-bond acceptors (Lipinski definition) is 3. The van der Waals surface area contributed by atoms with Gasteiger partial charge in [-0.25, -0.2) is 0 Å². The summed E-state index contributed by atoms with van der Waals surface area (Å²) < 4.78 is 8.79. The molecule has 0 saturated carbocycles. The Morgan fingerprint density at radius 3 is 2.85 bits per heavy atom. The maximum atomic E-state index is 5.96. The van der Waals surface area contributed by atoms with E-state index in [0.717, 1.165) is 33.7 Å². The molecule has 0 radical (unpaired) electrons. The zero-order valence-corrected chi connectivity index (χ0v) is 13.8. The highest BCUT2D eigenvalue weighted by Gasteiger charge is 2.13. The topological polar surface area (TPSA) is 53.1 Å². The smallest absolute Gasteiger partial charge is 0.131 e. The molecule has 0 bridgehead atoms. The molecule has 108 valence electrons. The van der Waals surface area contributed by atoms with Crippen LogP contribution >= 0.6 is 27.5 Å². The predicted octanol–water partition coefficient (Wildman–Crippen LogP) is 3.67. The molecule has 1 heterocycles. The molecule has 4 nitrogen and oxygen atoms in total. The third kappa shape index (κ3) is 3.16. The van der Waals surface area contributed by atoms with Crippen molar-refractivity contribution in [1.29, 1.82) is 0 Å². The van der Waals surface area contributed by atoms with Gasteiger partial charge < -0.3 is 10.5 Å². The van der Waals surface area contributed by atoms with E-state index in [1.165, 1.54) is 0 Å². The Labute approximate surface area is 132 Å². The molecule has 0 aliphatic heterocycles. The molecule has 0 spiro atoms. The average Bonchev–Trinajstić information content (AvgIpc) is 2.72. The van der Waals surface area contributed by atoms with Crippen molar-refractivity contribution in [2.45, 2.75) is 33.5 Å². The summed E-state index contributed by atoms with van der Waals surface area (Å²) in [4.78, 5) is 0. The highest BCUT2D eigenvalue weighted by atomic mass is 79.9. The largest absolute Gasteiger partial charge is 0.487 e. The lowest BCUT2D eigenvalue weighted by atomic mass is 10.2. The minimum absolute atomic E-state index is 0.392. The van der Waals surface area contributed by atoms with E-state index in [1.54, 1.807) is 6.07 Å². The molecular formula is C14H17BrClN3O. The number of aryl methyl sites for hydroxylation is 2. The van der Waals surface area contributed by atoms with E-state index in [9.17, 15) is 0 Å². The lowest BCUT2D eigenvalue weighted by Gasteiger charge is -2.12. The molecule has 0 amide bonds. The minimum Gasteiger partial charge on any atom is -0.487 e. The van der Waals surface area contributed by atoms with Gasteiger partial charge in [-0.2, -0.15) is 5.10 Å². The average molecular weight is 359 g/mol. The zero-order chi connectivity index (χ0) is 14.7. The third-order valence-corrected chi connectivity index (χ3v) is 4.33. The summed E-state index contributed by atoms with van der Waals surface area (Å²) in [6, 6.07) is 5.47. The van der Waals surface area contributed by atoms with Crippen molar-refractivity contribution < 1.29 is 4.74 Å². The second-order valence-corrected chi connectivity index (χ2v) is 5.64. The van der Waals surface area contributed by atoms with Crippen LogP contribution in [-0.4, -0.2) is 9.78 Å². The number of aromatic nitrogens is 2. The standard InChI is InChI=1S/C14H17BrClN3O/c1-3-19-12(14(15)9(2)18-19)8-20-13-5-4-11(16)6-10(13)7-17/h4-6H,3,7-8,17H2,1-2H3. The van der Waals surface area contributed by atoms with Crippen LogP contribution in [-0.2, 0) is 19.7 Å². The molecule has 6 heteroatoms. The van der Waals surface area contributed by atoms with Crippen molar-refractivity contribution >= 4 is 27.5 Å². The van der Waals surface area contributed by atoms with Gasteiger partial charge >= 0.3 is 0 Å². The normalized spacial score (nSPS) is 10.8. The molecule has 0 aliphatic carbocycles. The van der Waals surface area contributed by atoms with Gasteiger partial charge in [0.2, 0.25) is 0 Å². The summed E-state index contributed by atoms with van der Waals surface area (Å²) in [7, 11) is 0. The Morgan fingerprint density at radius 2 is 2.20 bits per heavy atom. The zero-order valence-electron chi connectivity index (χ0n) is 11.5. The van der Waals surface area contributed by atoms with Crippen molar-refractivity contribution in [3.63, 3.8) is 0 Å². The molecule has 2 N–H and O–H groups in total. The molecule has 0 aliphatic rings. The van der Waals surface area contributed by atoms with E-state index in [-0.39, 0.29) is 0 Å². The predicted molar refractivity (Wildman–Crippen MR) is 84.0 cm³/mol. The van der Waals surface area contributed by atoms with Gasteiger partial charge in [0.15, 0.2) is 0 Å². The first-order valence-corrected chi connectivity index (χ1v) is 7.57. The number of halogens is 2. The minimum atomic E-state index is 0.392. The highest BCUT2D eigenvalue weighted by Crippen LogP contribution is 2.26. The number of ether oxygens (including phenoxy) is 1. The molecular weight excluding hydrogens is 342 g/mol. The molecule has 0 atom stereocenters. The van der Waals surface area contributed by atoms with Gasteiger partial charge in [0, 0.05) is 23.7 Å². The van der Waals surface area contributed by atoms with Crippen molar-refractivity contribution in [2.24, 2.45) is 5.73 Å². The van der Waals surface area contributed by atoms with Gasteiger partial charge in [-0.15, -0.1) is 0 Å². The summed E-state index contributed by atoms with van der Waals surface area (Å²) in [6.45, 7) is 5.64. The van der Waals surface area contributed by atoms with Gasteiger partial charge in [0.1, 0.15) is 12.4 Å². The van der Waals surface area contributed by atoms with E-state index >= 15 is 0 Å². The van der Waals surface area contributed by atoms with Crippen LogP contribution in [0.25, 0.3) is 0 Å². The van der Waals surface area contributed by atoms with E-state index in [0.29, 0.717) is 18.2 Å². The Bertz CT molecular complexity index is 613. The monoisotopic (exact) mass is 357 g/mol. The van der Waals surface area contributed by atoms with Crippen LogP contribution in [0.1, 0.15) is 23.9 Å². The van der Waals surface area contributed by atoms with E-state index in [2.05, 4.69) is 28.0 Å². The van der Waals surface area contributed by atoms with Gasteiger partial charge in [0.25, 0.3) is 0 Å². The van der Waals surface area contributed by atoms with Crippen molar-refractivity contribution in [3.05, 3.63) is 44.6 Å². The molecule has 2 rings (SSSR count). The Morgan fingerprint density at radius 1 is 1.45 bits per heavy atom. The number of nitrogens with two attached hydrogens (primary N) is 1. The van der Waals surface area contributed by atoms with Crippen LogP contribution in [0.15, 0.2) is 22.7 Å². The number of nitrogens with zero attached hydrogens (tertiary/aromatic N) is 2. The summed E-state index contributed by atoms with van der Waals surface area (Å²) in [5.74, 6) is 0.755. The fourth-order valence-corrected chi connectivity index (χ4v) is 2.59. The van der Waals surface area contributed by atoms with E-state index < -0.39 is 0 Å². The summed E-state index contributed by atoms with van der Waals surface area (Å²) in [6.07, 6.45) is 0. The van der Waals surface area contributed by atoms with Crippen molar-refractivity contribution in [2.75, 3.05) is 0 Å². The van der Waals surface area contributed by atoms with Crippen LogP contribution in [0.4, 0.5) is 0 Å². The maximum Gasteiger partial charge on any atom is 0.131 e. The first-order valence-electron chi connectivity index (χ1n) is 6.39. The molecule has 0 unspecified atom stereocenters. The molecule has 0 fully saturated rings. The molecule has 2 aromatic rings. The molecule has 1 aromatic heterocycles. The fourth-order valence-electron chi connectivity index (χ4n) is 2.00. The summed E-state index contributed by atoms with van der Waals surface area (Å²) in [5, 5.41) is 5.10. The first kappa shape index (κ1) is 15.4.